The van der Waals surface area contributed by atoms with Gasteiger partial charge in [0.25, 0.3) is 0 Å². The van der Waals surface area contributed by atoms with E-state index in [1.807, 2.05) is 0 Å². The van der Waals surface area contributed by atoms with E-state index in [4.69, 9.17) is 28.8 Å². The molecular weight excluding hydrogens is 380 g/mol. The lowest BCUT2D eigenvalue weighted by atomic mass is 9.93. The summed E-state index contributed by atoms with van der Waals surface area (Å²) in [6.07, 6.45) is 9.02. The Hall–Kier alpha value is -1.22. The first-order valence-corrected chi connectivity index (χ1v) is 11.1. The summed E-state index contributed by atoms with van der Waals surface area (Å²) in [7, 11) is 0. The van der Waals surface area contributed by atoms with E-state index in [1.54, 1.807) is 0 Å². The van der Waals surface area contributed by atoms with Crippen LogP contribution < -0.4 is 0 Å². The normalized spacial score (nSPS) is 40.2. The summed E-state index contributed by atoms with van der Waals surface area (Å²) in [6, 6.07) is 0. The molecule has 5 aliphatic rings. The molecule has 0 aromatic carbocycles. The molecule has 3 aliphatic carbocycles. The number of carbonyl (C=O) groups is 2. The maximum absolute atomic E-state index is 11.9. The smallest absolute Gasteiger partial charge is 0.417 e. The third-order valence-electron chi connectivity index (χ3n) is 7.34. The molecule has 5 fully saturated rings. The number of hydrogen-bond acceptors (Lipinski definition) is 7. The van der Waals surface area contributed by atoms with E-state index in [0.29, 0.717) is 13.0 Å². The van der Waals surface area contributed by atoms with E-state index in [-0.39, 0.29) is 18.1 Å². The van der Waals surface area contributed by atoms with E-state index in [2.05, 4.69) is 0 Å². The second-order valence-electron chi connectivity index (χ2n) is 9.22. The van der Waals surface area contributed by atoms with Gasteiger partial charge in [0.05, 0.1) is 18.8 Å². The molecule has 0 bridgehead atoms. The number of hydrogen-bond donors (Lipinski definition) is 1. The van der Waals surface area contributed by atoms with Crippen molar-refractivity contribution in [2.45, 2.75) is 107 Å². The number of rotatable bonds is 2. The summed E-state index contributed by atoms with van der Waals surface area (Å²) in [5, 5.41) is 9.07. The van der Waals surface area contributed by atoms with Gasteiger partial charge in [0, 0.05) is 31.6 Å². The van der Waals surface area contributed by atoms with Crippen molar-refractivity contribution in [1.29, 1.82) is 0 Å². The average Bonchev–Trinajstić information content (AvgIpc) is 3.36. The Bertz CT molecular complexity index is 651. The lowest BCUT2D eigenvalue weighted by Gasteiger charge is -2.36. The molecule has 3 saturated carbocycles. The first-order valence-electron chi connectivity index (χ1n) is 11.1. The maximum atomic E-state index is 11.9. The van der Waals surface area contributed by atoms with Crippen LogP contribution in [0.5, 0.6) is 0 Å². The summed E-state index contributed by atoms with van der Waals surface area (Å²) < 4.78 is 30.6. The summed E-state index contributed by atoms with van der Waals surface area (Å²) in [5.74, 6) is -4.18. The van der Waals surface area contributed by atoms with E-state index < -0.39 is 35.7 Å². The molecule has 2 aliphatic heterocycles. The van der Waals surface area contributed by atoms with Crippen molar-refractivity contribution in [3.63, 3.8) is 0 Å². The van der Waals surface area contributed by atoms with Crippen LogP contribution in [0.3, 0.4) is 0 Å². The topological polar surface area (TPSA) is 101 Å². The molecule has 8 nitrogen and oxygen atoms in total. The van der Waals surface area contributed by atoms with Crippen LogP contribution in [-0.2, 0) is 33.3 Å². The van der Waals surface area contributed by atoms with Crippen molar-refractivity contribution in [2.75, 3.05) is 6.61 Å². The quantitative estimate of drug-likeness (QED) is 0.548. The Labute approximate surface area is 170 Å². The van der Waals surface area contributed by atoms with Gasteiger partial charge in [-0.25, -0.2) is 9.59 Å². The number of fused-ring (bicyclic) bond motifs is 1. The standard InChI is InChI=1S/C21H30O8/c22-18(23)19(24)26-16-13(15-12-25-20(28-15)7-3-1-4-8-20)11-14-17(16)29-21(27-14)9-5-2-6-10-21/h13-17H,1-12H2,(H,22,23). The van der Waals surface area contributed by atoms with Crippen LogP contribution in [0.25, 0.3) is 0 Å². The van der Waals surface area contributed by atoms with Crippen molar-refractivity contribution < 1.29 is 38.4 Å². The second kappa shape index (κ2) is 7.48. The zero-order chi connectivity index (χ0) is 20.1. The third-order valence-corrected chi connectivity index (χ3v) is 7.34. The van der Waals surface area contributed by atoms with E-state index >= 15 is 0 Å². The van der Waals surface area contributed by atoms with E-state index in [1.165, 1.54) is 12.8 Å². The van der Waals surface area contributed by atoms with Crippen molar-refractivity contribution in [2.24, 2.45) is 5.92 Å². The number of ether oxygens (including phenoxy) is 5. The molecule has 2 heterocycles. The average molecular weight is 410 g/mol. The molecule has 5 atom stereocenters. The molecule has 5 rings (SSSR count). The minimum Gasteiger partial charge on any atom is -0.473 e. The number of esters is 1. The number of aliphatic carboxylic acids is 1. The Morgan fingerprint density at radius 1 is 0.828 bits per heavy atom. The van der Waals surface area contributed by atoms with Gasteiger partial charge in [0.15, 0.2) is 11.6 Å². The first-order chi connectivity index (χ1) is 14.0. The van der Waals surface area contributed by atoms with Crippen molar-refractivity contribution in [3.8, 4) is 0 Å². The molecule has 1 N–H and O–H groups in total. The summed E-state index contributed by atoms with van der Waals surface area (Å²) in [4.78, 5) is 23.1. The van der Waals surface area contributed by atoms with Gasteiger partial charge in [-0.3, -0.25) is 0 Å². The van der Waals surface area contributed by atoms with Crippen molar-refractivity contribution in [1.82, 2.24) is 0 Å². The lowest BCUT2D eigenvalue weighted by Crippen LogP contribution is -2.44. The fraction of sp³-hybridized carbons (Fsp3) is 0.905. The van der Waals surface area contributed by atoms with Crippen LogP contribution in [0, 0.1) is 5.92 Å². The highest BCUT2D eigenvalue weighted by atomic mass is 16.8. The zero-order valence-electron chi connectivity index (χ0n) is 16.7. The van der Waals surface area contributed by atoms with Crippen LogP contribution in [0.4, 0.5) is 0 Å². The molecule has 0 aromatic rings. The summed E-state index contributed by atoms with van der Waals surface area (Å²) in [5.41, 5.74) is 0. The molecule has 0 radical (unpaired) electrons. The Morgan fingerprint density at radius 3 is 2.10 bits per heavy atom. The monoisotopic (exact) mass is 410 g/mol. The van der Waals surface area contributed by atoms with Crippen LogP contribution in [0.1, 0.15) is 70.6 Å². The van der Waals surface area contributed by atoms with Gasteiger partial charge in [-0.2, -0.15) is 0 Å². The van der Waals surface area contributed by atoms with Crippen LogP contribution in [0.15, 0.2) is 0 Å². The van der Waals surface area contributed by atoms with Crippen LogP contribution >= 0.6 is 0 Å². The molecular formula is C21H30O8. The maximum Gasteiger partial charge on any atom is 0.417 e. The largest absolute Gasteiger partial charge is 0.473 e. The first kappa shape index (κ1) is 19.7. The predicted molar refractivity (Wildman–Crippen MR) is 97.8 cm³/mol. The third kappa shape index (κ3) is 3.58. The second-order valence-corrected chi connectivity index (χ2v) is 9.22. The number of carboxylic acids is 1. The molecule has 0 amide bonds. The molecule has 5 unspecified atom stereocenters. The Kier molecular flexibility index (Phi) is 5.09. The highest BCUT2D eigenvalue weighted by Gasteiger charge is 2.61. The molecule has 8 heteroatoms. The predicted octanol–water partition coefficient (Wildman–Crippen LogP) is 2.52. The number of carboxylic acid groups (broad SMARTS) is 1. The van der Waals surface area contributed by atoms with E-state index in [0.717, 1.165) is 51.4 Å². The highest BCUT2D eigenvalue weighted by molar-refractivity contribution is 6.28. The van der Waals surface area contributed by atoms with Gasteiger partial charge in [-0.1, -0.05) is 12.8 Å². The molecule has 2 saturated heterocycles. The summed E-state index contributed by atoms with van der Waals surface area (Å²) in [6.45, 7) is 0.427. The van der Waals surface area contributed by atoms with Crippen LogP contribution in [0.2, 0.25) is 0 Å². The minimum atomic E-state index is -1.59. The van der Waals surface area contributed by atoms with Gasteiger partial charge < -0.3 is 28.8 Å². The van der Waals surface area contributed by atoms with Gasteiger partial charge in [-0.15, -0.1) is 0 Å². The van der Waals surface area contributed by atoms with E-state index in [9.17, 15) is 9.59 Å². The zero-order valence-corrected chi connectivity index (χ0v) is 16.7. The number of carbonyl (C=O) groups excluding carboxylic acids is 1. The molecule has 2 spiro atoms. The van der Waals surface area contributed by atoms with Crippen molar-refractivity contribution in [3.05, 3.63) is 0 Å². The van der Waals surface area contributed by atoms with Gasteiger partial charge >= 0.3 is 11.9 Å². The fourth-order valence-corrected chi connectivity index (χ4v) is 5.96. The van der Waals surface area contributed by atoms with Crippen molar-refractivity contribution >= 4 is 11.9 Å². The summed E-state index contributed by atoms with van der Waals surface area (Å²) >= 11 is 0. The Morgan fingerprint density at radius 2 is 1.45 bits per heavy atom. The molecule has 0 aromatic heterocycles. The van der Waals surface area contributed by atoms with Crippen LogP contribution in [-0.4, -0.2) is 59.6 Å². The highest BCUT2D eigenvalue weighted by Crippen LogP contribution is 2.51. The van der Waals surface area contributed by atoms with Gasteiger partial charge in [0.2, 0.25) is 0 Å². The molecule has 29 heavy (non-hydrogen) atoms. The van der Waals surface area contributed by atoms with Gasteiger partial charge in [0.1, 0.15) is 12.2 Å². The lowest BCUT2D eigenvalue weighted by molar-refractivity contribution is -0.224. The SMILES string of the molecule is O=C(O)C(=O)OC1C(C2COC3(CCCCC3)O2)CC2OC3(CCCCC3)OC21. The Balaban J connectivity index is 1.33. The van der Waals surface area contributed by atoms with Gasteiger partial charge in [-0.05, 0) is 32.1 Å². The minimum absolute atomic E-state index is 0.199. The fourth-order valence-electron chi connectivity index (χ4n) is 5.96. The molecule has 162 valence electrons.